The summed E-state index contributed by atoms with van der Waals surface area (Å²) in [6.45, 7) is 2.65. The highest BCUT2D eigenvalue weighted by atomic mass is 32.2. The van der Waals surface area contributed by atoms with Gasteiger partial charge in [0, 0.05) is 23.9 Å². The van der Waals surface area contributed by atoms with E-state index in [9.17, 15) is 5.11 Å². The van der Waals surface area contributed by atoms with E-state index in [4.69, 9.17) is 9.47 Å². The van der Waals surface area contributed by atoms with Crippen LogP contribution in [-0.2, 0) is 0 Å². The number of rotatable bonds is 9. The van der Waals surface area contributed by atoms with Gasteiger partial charge in [0.15, 0.2) is 0 Å². The maximum Gasteiger partial charge on any atom is 0.124 e. The summed E-state index contributed by atoms with van der Waals surface area (Å²) < 4.78 is 10.5. The molecule has 114 valence electrons. The molecule has 0 saturated heterocycles. The average molecular weight is 299 g/mol. The zero-order valence-corrected chi connectivity index (χ0v) is 13.5. The van der Waals surface area contributed by atoms with Crippen molar-refractivity contribution in [3.8, 4) is 11.5 Å². The molecule has 2 unspecified atom stereocenters. The Balaban J connectivity index is 2.72. The van der Waals surface area contributed by atoms with E-state index < -0.39 is 6.10 Å². The third kappa shape index (κ3) is 4.89. The number of nitrogens with one attached hydrogen (secondary N) is 1. The SMILES string of the molecule is CCC(CSC)NCC(O)c1cc(OC)ccc1OC. The van der Waals surface area contributed by atoms with Crippen LogP contribution in [0.2, 0.25) is 0 Å². The number of hydrogen-bond donors (Lipinski definition) is 2. The first-order valence-electron chi connectivity index (χ1n) is 6.78. The molecule has 0 aliphatic rings. The molecule has 2 atom stereocenters. The highest BCUT2D eigenvalue weighted by Gasteiger charge is 2.16. The van der Waals surface area contributed by atoms with Crippen molar-refractivity contribution >= 4 is 11.8 Å². The van der Waals surface area contributed by atoms with Crippen molar-refractivity contribution in [3.63, 3.8) is 0 Å². The van der Waals surface area contributed by atoms with Gasteiger partial charge in [0.05, 0.1) is 20.3 Å². The molecule has 0 amide bonds. The molecule has 0 spiro atoms. The Labute approximate surface area is 125 Å². The van der Waals surface area contributed by atoms with E-state index in [0.717, 1.165) is 23.5 Å². The molecule has 0 bridgehead atoms. The van der Waals surface area contributed by atoms with Gasteiger partial charge in [0.2, 0.25) is 0 Å². The molecule has 2 N–H and O–H groups in total. The van der Waals surface area contributed by atoms with Crippen LogP contribution >= 0.6 is 11.8 Å². The van der Waals surface area contributed by atoms with Crippen molar-refractivity contribution < 1.29 is 14.6 Å². The number of thioether (sulfide) groups is 1. The van der Waals surface area contributed by atoms with Crippen LogP contribution in [-0.4, -0.2) is 43.9 Å². The van der Waals surface area contributed by atoms with Gasteiger partial charge in [0.1, 0.15) is 11.5 Å². The van der Waals surface area contributed by atoms with Gasteiger partial charge in [-0.25, -0.2) is 0 Å². The Kier molecular flexibility index (Phi) is 7.80. The summed E-state index contributed by atoms with van der Waals surface area (Å²) in [7, 11) is 3.22. The predicted molar refractivity (Wildman–Crippen MR) is 85.0 cm³/mol. The summed E-state index contributed by atoms with van der Waals surface area (Å²) in [6, 6.07) is 5.87. The standard InChI is InChI=1S/C15H25NO3S/c1-5-11(10-20-4)16-9-14(17)13-8-12(18-2)6-7-15(13)19-3/h6-8,11,14,16-17H,5,9-10H2,1-4H3. The van der Waals surface area contributed by atoms with Crippen molar-refractivity contribution in [2.24, 2.45) is 0 Å². The van der Waals surface area contributed by atoms with Gasteiger partial charge in [-0.05, 0) is 30.9 Å². The van der Waals surface area contributed by atoms with E-state index in [1.807, 2.05) is 18.2 Å². The van der Waals surface area contributed by atoms with Crippen molar-refractivity contribution in [2.45, 2.75) is 25.5 Å². The summed E-state index contributed by atoms with van der Waals surface area (Å²) in [6.07, 6.45) is 2.52. The lowest BCUT2D eigenvalue weighted by atomic mass is 10.1. The molecule has 4 nitrogen and oxygen atoms in total. The quantitative estimate of drug-likeness (QED) is 0.733. The smallest absolute Gasteiger partial charge is 0.124 e. The lowest BCUT2D eigenvalue weighted by Crippen LogP contribution is -2.34. The summed E-state index contributed by atoms with van der Waals surface area (Å²) in [4.78, 5) is 0. The van der Waals surface area contributed by atoms with E-state index in [2.05, 4.69) is 18.5 Å². The van der Waals surface area contributed by atoms with Crippen molar-refractivity contribution in [1.82, 2.24) is 5.32 Å². The fourth-order valence-corrected chi connectivity index (χ4v) is 2.77. The van der Waals surface area contributed by atoms with Gasteiger partial charge < -0.3 is 19.9 Å². The summed E-state index contributed by atoms with van der Waals surface area (Å²) >= 11 is 1.81. The second-order valence-electron chi connectivity index (χ2n) is 4.59. The van der Waals surface area contributed by atoms with Crippen LogP contribution in [0.4, 0.5) is 0 Å². The second kappa shape index (κ2) is 9.10. The highest BCUT2D eigenvalue weighted by molar-refractivity contribution is 7.98. The number of aliphatic hydroxyl groups excluding tert-OH is 1. The summed E-state index contributed by atoms with van der Waals surface area (Å²) in [5, 5.41) is 13.8. The molecule has 0 aliphatic carbocycles. The fraction of sp³-hybridized carbons (Fsp3) is 0.600. The molecule has 1 rings (SSSR count). The predicted octanol–water partition coefficient (Wildman–Crippen LogP) is 2.47. The van der Waals surface area contributed by atoms with Crippen LogP contribution in [0.3, 0.4) is 0 Å². The fourth-order valence-electron chi connectivity index (χ4n) is 2.01. The van der Waals surface area contributed by atoms with Crippen molar-refractivity contribution in [1.29, 1.82) is 0 Å². The van der Waals surface area contributed by atoms with Gasteiger partial charge in [0.25, 0.3) is 0 Å². The Morgan fingerprint density at radius 3 is 2.60 bits per heavy atom. The van der Waals surface area contributed by atoms with Crippen molar-refractivity contribution in [2.75, 3.05) is 32.8 Å². The molecule has 1 aromatic rings. The van der Waals surface area contributed by atoms with Crippen LogP contribution in [0, 0.1) is 0 Å². The van der Waals surface area contributed by atoms with E-state index >= 15 is 0 Å². The first kappa shape index (κ1) is 17.1. The molecule has 5 heteroatoms. The molecule has 0 heterocycles. The van der Waals surface area contributed by atoms with Gasteiger partial charge >= 0.3 is 0 Å². The lowest BCUT2D eigenvalue weighted by Gasteiger charge is -2.20. The maximum absolute atomic E-state index is 10.4. The maximum atomic E-state index is 10.4. The normalized spacial score (nSPS) is 13.8. The van der Waals surface area contributed by atoms with Gasteiger partial charge in [-0.15, -0.1) is 0 Å². The van der Waals surface area contributed by atoms with E-state index in [1.54, 1.807) is 26.0 Å². The van der Waals surface area contributed by atoms with Crippen LogP contribution in [0.5, 0.6) is 11.5 Å². The lowest BCUT2D eigenvalue weighted by molar-refractivity contribution is 0.166. The summed E-state index contributed by atoms with van der Waals surface area (Å²) in [5.41, 5.74) is 0.748. The van der Waals surface area contributed by atoms with Crippen LogP contribution in [0.15, 0.2) is 18.2 Å². The number of benzene rings is 1. The Morgan fingerprint density at radius 1 is 1.30 bits per heavy atom. The average Bonchev–Trinajstić information content (AvgIpc) is 2.50. The Hall–Kier alpha value is -0.910. The minimum absolute atomic E-state index is 0.413. The zero-order valence-electron chi connectivity index (χ0n) is 12.7. The minimum Gasteiger partial charge on any atom is -0.497 e. The third-order valence-corrected chi connectivity index (χ3v) is 3.99. The topological polar surface area (TPSA) is 50.7 Å². The number of hydrogen-bond acceptors (Lipinski definition) is 5. The Bertz CT molecular complexity index is 401. The van der Waals surface area contributed by atoms with E-state index in [-0.39, 0.29) is 0 Å². The molecule has 0 fully saturated rings. The Morgan fingerprint density at radius 2 is 2.05 bits per heavy atom. The van der Waals surface area contributed by atoms with Gasteiger partial charge in [-0.3, -0.25) is 0 Å². The number of aliphatic hydroxyl groups is 1. The molecule has 0 aliphatic heterocycles. The molecular formula is C15H25NO3S. The van der Waals surface area contributed by atoms with Crippen LogP contribution in [0.25, 0.3) is 0 Å². The molecule has 0 aromatic heterocycles. The van der Waals surface area contributed by atoms with Gasteiger partial charge in [-0.1, -0.05) is 6.92 Å². The molecule has 1 aromatic carbocycles. The second-order valence-corrected chi connectivity index (χ2v) is 5.50. The molecule has 0 radical (unpaired) electrons. The first-order valence-corrected chi connectivity index (χ1v) is 8.17. The van der Waals surface area contributed by atoms with Gasteiger partial charge in [-0.2, -0.15) is 11.8 Å². The summed E-state index contributed by atoms with van der Waals surface area (Å²) in [5.74, 6) is 2.44. The third-order valence-electron chi connectivity index (χ3n) is 3.26. The van der Waals surface area contributed by atoms with Crippen LogP contribution in [0.1, 0.15) is 25.0 Å². The highest BCUT2D eigenvalue weighted by Crippen LogP contribution is 2.29. The first-order chi connectivity index (χ1) is 9.65. The molecular weight excluding hydrogens is 274 g/mol. The van der Waals surface area contributed by atoms with Crippen LogP contribution < -0.4 is 14.8 Å². The van der Waals surface area contributed by atoms with Crippen molar-refractivity contribution in [3.05, 3.63) is 23.8 Å². The number of methoxy groups -OCH3 is 2. The van der Waals surface area contributed by atoms with E-state index in [0.29, 0.717) is 18.3 Å². The molecule has 0 saturated carbocycles. The monoisotopic (exact) mass is 299 g/mol. The number of ether oxygens (including phenoxy) is 2. The van der Waals surface area contributed by atoms with E-state index in [1.165, 1.54) is 0 Å². The minimum atomic E-state index is -0.615. The largest absolute Gasteiger partial charge is 0.497 e. The zero-order chi connectivity index (χ0) is 15.0. The molecule has 20 heavy (non-hydrogen) atoms.